The number of benzene rings is 1. The van der Waals surface area contributed by atoms with Crippen molar-refractivity contribution in [3.8, 4) is 5.69 Å². The summed E-state index contributed by atoms with van der Waals surface area (Å²) in [5.74, 6) is -2.32. The van der Waals surface area contributed by atoms with E-state index in [1.54, 1.807) is 17.9 Å². The van der Waals surface area contributed by atoms with E-state index in [-0.39, 0.29) is 18.0 Å². The number of hydrogen-bond acceptors (Lipinski definition) is 6. The van der Waals surface area contributed by atoms with Gasteiger partial charge in [0, 0.05) is 18.5 Å². The summed E-state index contributed by atoms with van der Waals surface area (Å²) < 4.78 is 59.7. The Morgan fingerprint density at radius 1 is 1.13 bits per heavy atom. The van der Waals surface area contributed by atoms with E-state index in [0.717, 1.165) is 21.5 Å². The van der Waals surface area contributed by atoms with E-state index in [1.807, 2.05) is 25.1 Å². The average Bonchev–Trinajstić information content (AvgIpc) is 3.22. The normalized spacial score (nSPS) is 12.9. The van der Waals surface area contributed by atoms with Crippen LogP contribution in [0.5, 0.6) is 0 Å². The van der Waals surface area contributed by atoms with Gasteiger partial charge in [0.15, 0.2) is 0 Å². The molecule has 1 aliphatic rings. The van der Waals surface area contributed by atoms with Crippen molar-refractivity contribution in [2.75, 3.05) is 11.4 Å². The summed E-state index contributed by atoms with van der Waals surface area (Å²) in [6.07, 6.45) is -3.23. The van der Waals surface area contributed by atoms with E-state index in [1.165, 1.54) is 17.1 Å². The number of nitrogens with two attached hydrogens (primary N) is 1. The number of halogens is 5. The molecule has 208 valence electrons. The van der Waals surface area contributed by atoms with E-state index in [0.29, 0.717) is 29.9 Å². The molecular weight excluding hydrogens is 531 g/mol. The fourth-order valence-corrected chi connectivity index (χ4v) is 3.87. The van der Waals surface area contributed by atoms with Gasteiger partial charge in [0.1, 0.15) is 12.1 Å². The van der Waals surface area contributed by atoms with Gasteiger partial charge in [0.05, 0.1) is 24.1 Å². The molecule has 15 heteroatoms. The number of carboxylic acids is 1. The van der Waals surface area contributed by atoms with E-state index in [2.05, 4.69) is 10.1 Å². The molecule has 0 bridgehead atoms. The highest BCUT2D eigenvalue weighted by atomic mass is 19.4. The number of fused-ring (bicyclic) bond motifs is 1. The van der Waals surface area contributed by atoms with E-state index in [4.69, 9.17) is 15.6 Å². The lowest BCUT2D eigenvalue weighted by molar-refractivity contribution is -0.192. The molecule has 1 aromatic carbocycles. The Morgan fingerprint density at radius 2 is 1.79 bits per heavy atom. The fourth-order valence-electron chi connectivity index (χ4n) is 3.87. The molecule has 0 spiro atoms. The van der Waals surface area contributed by atoms with Crippen LogP contribution < -0.4 is 16.3 Å². The maximum atomic E-state index is 12.9. The Balaban J connectivity index is 0.000000532. The number of anilines is 2. The molecule has 0 fully saturated rings. The van der Waals surface area contributed by atoms with Gasteiger partial charge in [0.25, 0.3) is 6.08 Å². The van der Waals surface area contributed by atoms with E-state index in [9.17, 15) is 31.5 Å². The van der Waals surface area contributed by atoms with Crippen molar-refractivity contribution in [3.63, 3.8) is 0 Å². The number of para-hydroxylation sites is 1. The first-order chi connectivity index (χ1) is 18.3. The smallest absolute Gasteiger partial charge is 0.475 e. The summed E-state index contributed by atoms with van der Waals surface area (Å²) in [7, 11) is 0. The highest BCUT2D eigenvalue weighted by Crippen LogP contribution is 2.37. The number of hydrogen-bond donors (Lipinski definition) is 2. The standard InChI is InChI=1S/C22H22F2N6O2.C2HF3O2/c1-13-4-3-5-15-6-7-18(31)30(19(13)15)21-14(2)8-17(10-26-21)28-12-27-29(22(28)32)11-16(9-25)20(23)24;3-2(4,5)1(6)7/h3-5,8,10,12H,6-7,9,11,25H2,1-2H3;(H,6,7). The molecule has 10 nitrogen and oxygen atoms in total. The maximum absolute atomic E-state index is 12.9. The van der Waals surface area contributed by atoms with Crippen LogP contribution in [0.3, 0.4) is 0 Å². The Bertz CT molecular complexity index is 1490. The SMILES string of the molecule is Cc1cc(-n2cnn(CC(CN)=C(F)F)c2=O)cnc1N1C(=O)CCc2cccc(C)c21.O=C(O)C(F)(F)F. The van der Waals surface area contributed by atoms with Crippen molar-refractivity contribution in [1.82, 2.24) is 19.3 Å². The first kappa shape index (κ1) is 29.2. The first-order valence-electron chi connectivity index (χ1n) is 11.3. The Hall–Kier alpha value is -4.40. The van der Waals surface area contributed by atoms with Gasteiger partial charge in [-0.2, -0.15) is 27.1 Å². The van der Waals surface area contributed by atoms with Gasteiger partial charge >= 0.3 is 17.8 Å². The van der Waals surface area contributed by atoms with Gasteiger partial charge in [-0.25, -0.2) is 23.8 Å². The molecule has 0 radical (unpaired) electrons. The molecule has 3 heterocycles. The maximum Gasteiger partial charge on any atom is 0.490 e. The minimum atomic E-state index is -5.08. The zero-order valence-electron chi connectivity index (χ0n) is 20.7. The molecule has 0 unspecified atom stereocenters. The number of carboxylic acid groups (broad SMARTS) is 1. The highest BCUT2D eigenvalue weighted by Gasteiger charge is 2.38. The molecular formula is C24H23F5N6O4. The van der Waals surface area contributed by atoms with Crippen LogP contribution in [0.4, 0.5) is 33.5 Å². The summed E-state index contributed by atoms with van der Waals surface area (Å²) in [4.78, 5) is 40.5. The number of rotatable bonds is 5. The van der Waals surface area contributed by atoms with Gasteiger partial charge in [-0.15, -0.1) is 0 Å². The van der Waals surface area contributed by atoms with Crippen LogP contribution >= 0.6 is 0 Å². The van der Waals surface area contributed by atoms with Crippen molar-refractivity contribution in [3.05, 3.63) is 75.6 Å². The molecule has 39 heavy (non-hydrogen) atoms. The second-order valence-electron chi connectivity index (χ2n) is 8.46. The van der Waals surface area contributed by atoms with Gasteiger partial charge in [-0.05, 0) is 43.0 Å². The van der Waals surface area contributed by atoms with Crippen molar-refractivity contribution in [2.45, 2.75) is 39.4 Å². The Morgan fingerprint density at radius 3 is 2.36 bits per heavy atom. The van der Waals surface area contributed by atoms with Crippen molar-refractivity contribution < 1.29 is 36.6 Å². The monoisotopic (exact) mass is 554 g/mol. The number of amides is 1. The van der Waals surface area contributed by atoms with Crippen LogP contribution in [0.25, 0.3) is 5.69 Å². The lowest BCUT2D eigenvalue weighted by Gasteiger charge is -2.31. The molecule has 3 aromatic rings. The second kappa shape index (κ2) is 11.6. The lowest BCUT2D eigenvalue weighted by atomic mass is 9.97. The second-order valence-corrected chi connectivity index (χ2v) is 8.46. The number of carbonyl (C=O) groups excluding carboxylic acids is 1. The van der Waals surface area contributed by atoms with Crippen molar-refractivity contribution >= 4 is 23.4 Å². The van der Waals surface area contributed by atoms with Crippen LogP contribution in [0.2, 0.25) is 0 Å². The topological polar surface area (TPSA) is 136 Å². The predicted molar refractivity (Wildman–Crippen MR) is 129 cm³/mol. The molecule has 3 N–H and O–H groups in total. The minimum Gasteiger partial charge on any atom is -0.475 e. The van der Waals surface area contributed by atoms with Crippen molar-refractivity contribution in [2.24, 2.45) is 5.73 Å². The molecule has 0 aliphatic carbocycles. The van der Waals surface area contributed by atoms with Crippen LogP contribution in [0.1, 0.15) is 23.1 Å². The number of nitrogens with zero attached hydrogens (tertiary/aromatic N) is 5. The summed E-state index contributed by atoms with van der Waals surface area (Å²) in [5, 5.41) is 11.0. The number of alkyl halides is 3. The average molecular weight is 554 g/mol. The van der Waals surface area contributed by atoms with Gasteiger partial charge in [-0.3, -0.25) is 9.69 Å². The van der Waals surface area contributed by atoms with Crippen LogP contribution in [-0.4, -0.2) is 49.0 Å². The number of aliphatic carboxylic acids is 1. The number of aromatic nitrogens is 4. The highest BCUT2D eigenvalue weighted by molar-refractivity contribution is 6.03. The van der Waals surface area contributed by atoms with Gasteiger partial charge < -0.3 is 10.8 Å². The molecule has 4 rings (SSSR count). The van der Waals surface area contributed by atoms with E-state index < -0.39 is 30.5 Å². The van der Waals surface area contributed by atoms with Crippen LogP contribution in [-0.2, 0) is 22.6 Å². The lowest BCUT2D eigenvalue weighted by Crippen LogP contribution is -2.33. The number of pyridine rings is 1. The number of carbonyl (C=O) groups is 2. The molecule has 1 aliphatic heterocycles. The zero-order chi connectivity index (χ0) is 29.1. The molecule has 2 aromatic heterocycles. The molecule has 0 atom stereocenters. The van der Waals surface area contributed by atoms with Crippen LogP contribution in [0, 0.1) is 13.8 Å². The van der Waals surface area contributed by atoms with Gasteiger partial charge in [0.2, 0.25) is 5.91 Å². The third-order valence-electron chi connectivity index (χ3n) is 5.76. The summed E-state index contributed by atoms with van der Waals surface area (Å²) in [5.41, 5.74) is 8.36. The summed E-state index contributed by atoms with van der Waals surface area (Å²) in [6, 6.07) is 7.64. The third kappa shape index (κ3) is 6.37. The fraction of sp³-hybridized carbons (Fsp3) is 0.292. The largest absolute Gasteiger partial charge is 0.490 e. The molecule has 0 saturated carbocycles. The zero-order valence-corrected chi connectivity index (χ0v) is 20.7. The Kier molecular flexibility index (Phi) is 8.64. The number of aryl methyl sites for hydroxylation is 3. The Labute approximate surface area is 217 Å². The third-order valence-corrected chi connectivity index (χ3v) is 5.76. The quantitative estimate of drug-likeness (QED) is 0.462. The minimum absolute atomic E-state index is 0.0468. The van der Waals surface area contributed by atoms with Crippen molar-refractivity contribution in [1.29, 1.82) is 0 Å². The summed E-state index contributed by atoms with van der Waals surface area (Å²) in [6.45, 7) is 2.98. The van der Waals surface area contributed by atoms with Gasteiger partial charge in [-0.1, -0.05) is 18.2 Å². The predicted octanol–water partition coefficient (Wildman–Crippen LogP) is 3.40. The first-order valence-corrected chi connectivity index (χ1v) is 11.3. The summed E-state index contributed by atoms with van der Waals surface area (Å²) >= 11 is 0. The van der Waals surface area contributed by atoms with Crippen LogP contribution in [0.15, 0.2) is 53.2 Å². The molecule has 1 amide bonds. The van der Waals surface area contributed by atoms with E-state index >= 15 is 0 Å². The molecule has 0 saturated heterocycles.